The number of hydrogen-bond donors (Lipinski definition) is 1. The largest absolute Gasteiger partial charge is 0.497 e. The Bertz CT molecular complexity index is 803. The highest BCUT2D eigenvalue weighted by Gasteiger charge is 2.23. The van der Waals surface area contributed by atoms with Crippen LogP contribution in [0.25, 0.3) is 16.8 Å². The molecule has 1 fully saturated rings. The van der Waals surface area contributed by atoms with Gasteiger partial charge in [0.15, 0.2) is 0 Å². The number of fused-ring (bicyclic) bond motifs is 1. The van der Waals surface area contributed by atoms with Crippen LogP contribution in [0, 0.1) is 0 Å². The molecule has 22 heavy (non-hydrogen) atoms. The van der Waals surface area contributed by atoms with Gasteiger partial charge in [-0.05, 0) is 43.7 Å². The van der Waals surface area contributed by atoms with Crippen molar-refractivity contribution in [3.05, 3.63) is 54.5 Å². The molecule has 0 saturated carbocycles. The van der Waals surface area contributed by atoms with Gasteiger partial charge in [-0.1, -0.05) is 18.2 Å². The van der Waals surface area contributed by atoms with Crippen LogP contribution >= 0.6 is 0 Å². The summed E-state index contributed by atoms with van der Waals surface area (Å²) < 4.78 is 7.55. The molecule has 4 rings (SSSR count). The SMILES string of the molecule is COc1cccc(-c2nc(C3CCCN3)n3ccccc23)c1. The molecule has 0 bridgehead atoms. The highest BCUT2D eigenvalue weighted by Crippen LogP contribution is 2.31. The molecule has 4 nitrogen and oxygen atoms in total. The lowest BCUT2D eigenvalue weighted by molar-refractivity contribution is 0.415. The van der Waals surface area contributed by atoms with Gasteiger partial charge in [-0.25, -0.2) is 4.98 Å². The first-order valence-corrected chi connectivity index (χ1v) is 7.71. The number of rotatable bonds is 3. The Morgan fingerprint density at radius 1 is 1.23 bits per heavy atom. The van der Waals surface area contributed by atoms with Gasteiger partial charge in [-0.2, -0.15) is 0 Å². The Balaban J connectivity index is 1.90. The molecule has 0 radical (unpaired) electrons. The number of benzene rings is 1. The third-order valence-electron chi connectivity index (χ3n) is 4.29. The summed E-state index contributed by atoms with van der Waals surface area (Å²) in [4.78, 5) is 4.96. The standard InChI is InChI=1S/C18H19N3O/c1-22-14-7-4-6-13(12-14)17-16-9-2-3-11-21(16)18(20-17)15-8-5-10-19-15/h2-4,6-7,9,11-12,15,19H,5,8,10H2,1H3. The average molecular weight is 293 g/mol. The quantitative estimate of drug-likeness (QED) is 0.804. The van der Waals surface area contributed by atoms with Crippen LogP contribution in [-0.4, -0.2) is 23.0 Å². The molecular formula is C18H19N3O. The molecule has 0 spiro atoms. The van der Waals surface area contributed by atoms with Crippen LogP contribution in [0.3, 0.4) is 0 Å². The Kier molecular flexibility index (Phi) is 3.31. The second-order valence-electron chi connectivity index (χ2n) is 5.66. The Hall–Kier alpha value is -2.33. The van der Waals surface area contributed by atoms with Crippen molar-refractivity contribution in [2.45, 2.75) is 18.9 Å². The zero-order valence-electron chi connectivity index (χ0n) is 12.6. The first-order valence-electron chi connectivity index (χ1n) is 7.71. The fourth-order valence-corrected chi connectivity index (χ4v) is 3.20. The first-order chi connectivity index (χ1) is 10.9. The van der Waals surface area contributed by atoms with E-state index in [-0.39, 0.29) is 0 Å². The maximum atomic E-state index is 5.35. The molecule has 1 aliphatic rings. The van der Waals surface area contributed by atoms with E-state index in [9.17, 15) is 0 Å². The van der Waals surface area contributed by atoms with Crippen molar-refractivity contribution in [1.82, 2.24) is 14.7 Å². The lowest BCUT2D eigenvalue weighted by atomic mass is 10.1. The van der Waals surface area contributed by atoms with Gasteiger partial charge in [0.2, 0.25) is 0 Å². The minimum atomic E-state index is 0.342. The lowest BCUT2D eigenvalue weighted by Crippen LogP contribution is -2.15. The summed E-state index contributed by atoms with van der Waals surface area (Å²) in [5.74, 6) is 1.96. The first kappa shape index (κ1) is 13.3. The summed E-state index contributed by atoms with van der Waals surface area (Å²) in [5.41, 5.74) is 3.25. The van der Waals surface area contributed by atoms with Gasteiger partial charge in [0.25, 0.3) is 0 Å². The van der Waals surface area contributed by atoms with Crippen LogP contribution in [0.2, 0.25) is 0 Å². The summed E-state index contributed by atoms with van der Waals surface area (Å²) in [6, 6.07) is 14.7. The van der Waals surface area contributed by atoms with E-state index in [1.165, 1.54) is 6.42 Å². The summed E-state index contributed by atoms with van der Waals surface area (Å²) >= 11 is 0. The number of hydrogen-bond acceptors (Lipinski definition) is 3. The maximum absolute atomic E-state index is 5.35. The summed E-state index contributed by atoms with van der Waals surface area (Å²) in [6.07, 6.45) is 4.45. The predicted octanol–water partition coefficient (Wildman–Crippen LogP) is 3.43. The molecule has 1 N–H and O–H groups in total. The van der Waals surface area contributed by atoms with Crippen molar-refractivity contribution in [2.24, 2.45) is 0 Å². The van der Waals surface area contributed by atoms with E-state index in [2.05, 4.69) is 40.2 Å². The second kappa shape index (κ2) is 5.46. The number of nitrogens with one attached hydrogen (secondary N) is 1. The van der Waals surface area contributed by atoms with Crippen molar-refractivity contribution < 1.29 is 4.74 Å². The van der Waals surface area contributed by atoms with E-state index in [4.69, 9.17) is 9.72 Å². The smallest absolute Gasteiger partial charge is 0.131 e. The van der Waals surface area contributed by atoms with Crippen LogP contribution in [0.15, 0.2) is 48.7 Å². The van der Waals surface area contributed by atoms with Crippen LogP contribution in [-0.2, 0) is 0 Å². The number of imidazole rings is 1. The van der Waals surface area contributed by atoms with Crippen molar-refractivity contribution >= 4 is 5.52 Å². The molecule has 2 aromatic heterocycles. The van der Waals surface area contributed by atoms with Crippen molar-refractivity contribution in [2.75, 3.05) is 13.7 Å². The van der Waals surface area contributed by atoms with Gasteiger partial charge in [0.1, 0.15) is 11.6 Å². The van der Waals surface area contributed by atoms with Crippen LogP contribution < -0.4 is 10.1 Å². The van der Waals surface area contributed by atoms with E-state index < -0.39 is 0 Å². The number of pyridine rings is 1. The molecule has 0 amide bonds. The molecule has 1 atom stereocenters. The average Bonchev–Trinajstić information content (AvgIpc) is 3.22. The topological polar surface area (TPSA) is 38.6 Å². The Morgan fingerprint density at radius 2 is 2.18 bits per heavy atom. The highest BCUT2D eigenvalue weighted by atomic mass is 16.5. The minimum Gasteiger partial charge on any atom is -0.497 e. The van der Waals surface area contributed by atoms with Crippen molar-refractivity contribution in [3.63, 3.8) is 0 Å². The summed E-state index contributed by atoms with van der Waals surface area (Å²) in [6.45, 7) is 1.07. The molecule has 3 heterocycles. The molecule has 4 heteroatoms. The molecule has 112 valence electrons. The van der Waals surface area contributed by atoms with Crippen LogP contribution in [0.4, 0.5) is 0 Å². The number of ether oxygens (including phenoxy) is 1. The normalized spacial score (nSPS) is 18.0. The van der Waals surface area contributed by atoms with Gasteiger partial charge < -0.3 is 14.5 Å². The molecule has 1 aromatic carbocycles. The van der Waals surface area contributed by atoms with Crippen molar-refractivity contribution in [1.29, 1.82) is 0 Å². The second-order valence-corrected chi connectivity index (χ2v) is 5.66. The van der Waals surface area contributed by atoms with Gasteiger partial charge >= 0.3 is 0 Å². The minimum absolute atomic E-state index is 0.342. The van der Waals surface area contributed by atoms with E-state index in [1.807, 2.05) is 18.2 Å². The summed E-state index contributed by atoms with van der Waals surface area (Å²) in [7, 11) is 1.69. The van der Waals surface area contributed by atoms with E-state index in [0.717, 1.165) is 41.3 Å². The fourth-order valence-electron chi connectivity index (χ4n) is 3.20. The molecule has 1 saturated heterocycles. The number of nitrogens with zero attached hydrogens (tertiary/aromatic N) is 2. The highest BCUT2D eigenvalue weighted by molar-refractivity contribution is 5.78. The maximum Gasteiger partial charge on any atom is 0.131 e. The predicted molar refractivity (Wildman–Crippen MR) is 87.2 cm³/mol. The number of aromatic nitrogens is 2. The molecule has 1 aliphatic heterocycles. The van der Waals surface area contributed by atoms with E-state index >= 15 is 0 Å². The fraction of sp³-hybridized carbons (Fsp3) is 0.278. The van der Waals surface area contributed by atoms with E-state index in [1.54, 1.807) is 7.11 Å². The zero-order chi connectivity index (χ0) is 14.9. The molecule has 3 aromatic rings. The zero-order valence-corrected chi connectivity index (χ0v) is 12.6. The lowest BCUT2D eigenvalue weighted by Gasteiger charge is -2.08. The number of methoxy groups -OCH3 is 1. The Morgan fingerprint density at radius 3 is 3.00 bits per heavy atom. The molecular weight excluding hydrogens is 274 g/mol. The van der Waals surface area contributed by atoms with Gasteiger partial charge in [0, 0.05) is 11.8 Å². The van der Waals surface area contributed by atoms with Gasteiger partial charge in [0.05, 0.1) is 24.4 Å². The van der Waals surface area contributed by atoms with E-state index in [0.29, 0.717) is 6.04 Å². The van der Waals surface area contributed by atoms with Crippen LogP contribution in [0.5, 0.6) is 5.75 Å². The summed E-state index contributed by atoms with van der Waals surface area (Å²) in [5, 5.41) is 3.54. The van der Waals surface area contributed by atoms with Crippen molar-refractivity contribution in [3.8, 4) is 17.0 Å². The van der Waals surface area contributed by atoms with Gasteiger partial charge in [-0.15, -0.1) is 0 Å². The molecule has 0 aliphatic carbocycles. The molecule has 1 unspecified atom stereocenters. The Labute approximate surface area is 129 Å². The third-order valence-corrected chi connectivity index (χ3v) is 4.29. The monoisotopic (exact) mass is 293 g/mol. The van der Waals surface area contributed by atoms with Gasteiger partial charge in [-0.3, -0.25) is 0 Å². The third kappa shape index (κ3) is 2.16. The van der Waals surface area contributed by atoms with Crippen LogP contribution in [0.1, 0.15) is 24.7 Å².